The van der Waals surface area contributed by atoms with E-state index < -0.39 is 54.0 Å². The summed E-state index contributed by atoms with van der Waals surface area (Å²) in [5.74, 6) is -1.55. The van der Waals surface area contributed by atoms with Gasteiger partial charge in [0.2, 0.25) is 11.8 Å². The molecule has 4 atom stereocenters. The molecule has 0 unspecified atom stereocenters. The number of aromatic amines is 1. The number of alkyl halides is 3. The number of hydrogen-bond donors (Lipinski definition) is 4. The number of H-pyrrole nitrogens is 1. The molecule has 2 amide bonds. The van der Waals surface area contributed by atoms with E-state index in [4.69, 9.17) is 4.74 Å². The molecule has 212 valence electrons. The Bertz CT molecular complexity index is 1270. The molecule has 1 spiro atoms. The van der Waals surface area contributed by atoms with E-state index in [2.05, 4.69) is 20.5 Å². The van der Waals surface area contributed by atoms with E-state index in [0.29, 0.717) is 25.7 Å². The van der Waals surface area contributed by atoms with E-state index in [-0.39, 0.29) is 47.6 Å². The third-order valence-electron chi connectivity index (χ3n) is 8.24. The molecule has 3 aliphatic rings. The first kappa shape index (κ1) is 27.3. The second-order valence-electron chi connectivity index (χ2n) is 10.7. The molecule has 3 heterocycles. The number of halogens is 4. The lowest BCUT2D eigenvalue weighted by Crippen LogP contribution is -2.60. The fourth-order valence-corrected chi connectivity index (χ4v) is 5.72. The van der Waals surface area contributed by atoms with Crippen LogP contribution in [0.5, 0.6) is 5.88 Å². The molecule has 2 aromatic heterocycles. The van der Waals surface area contributed by atoms with Gasteiger partial charge in [0.15, 0.2) is 11.4 Å². The number of hydrogen-bond acceptors (Lipinski definition) is 7. The molecule has 10 nitrogen and oxygen atoms in total. The minimum absolute atomic E-state index is 0.118. The third-order valence-corrected chi connectivity index (χ3v) is 8.24. The van der Waals surface area contributed by atoms with Gasteiger partial charge in [0.1, 0.15) is 5.69 Å². The lowest BCUT2D eigenvalue weighted by Gasteiger charge is -2.42. The predicted molar refractivity (Wildman–Crippen MR) is 127 cm³/mol. The average molecular weight is 556 g/mol. The molecule has 0 aromatic carbocycles. The lowest BCUT2D eigenvalue weighted by atomic mass is 9.78. The molecule has 4 N–H and O–H groups in total. The molecular weight excluding hydrogens is 526 g/mol. The van der Waals surface area contributed by atoms with Crippen LogP contribution in [0.25, 0.3) is 11.3 Å². The SMILES string of the molecule is COc1cc(-c2cc(C(=O)N3CC[C@H](C(=O)N[C@@H]4CC[C@](O)(C(F)(F)F)[C@@H](O)C4)CC34CC4)[nH]n2)c(F)cn1. The van der Waals surface area contributed by atoms with Crippen LogP contribution in [0.1, 0.15) is 55.4 Å². The van der Waals surface area contributed by atoms with Gasteiger partial charge in [-0.25, -0.2) is 9.37 Å². The number of amides is 2. The van der Waals surface area contributed by atoms with Crippen LogP contribution in [0.4, 0.5) is 17.6 Å². The second-order valence-corrected chi connectivity index (χ2v) is 10.7. The van der Waals surface area contributed by atoms with Gasteiger partial charge in [-0.3, -0.25) is 14.7 Å². The summed E-state index contributed by atoms with van der Waals surface area (Å²) in [6.45, 7) is 0.282. The fourth-order valence-electron chi connectivity index (χ4n) is 5.72. The number of piperidine rings is 1. The standard InChI is InChI=1S/C25H29F4N5O5/c1-39-20-9-15(16(26)12-30-20)17-10-18(33-32-17)22(37)34-7-3-13(11-23(34)5-6-23)21(36)31-14-2-4-24(38,19(35)8-14)25(27,28)29/h9-10,12-14,19,35,38H,2-8,11H2,1H3,(H,31,36)(H,32,33)/t13-,14+,19-,24+/m0/s1. The molecule has 2 aliphatic carbocycles. The number of aliphatic hydroxyl groups is 2. The van der Waals surface area contributed by atoms with Crippen molar-refractivity contribution in [3.8, 4) is 17.1 Å². The molecular formula is C25H29F4N5O5. The van der Waals surface area contributed by atoms with Crippen LogP contribution in [0.3, 0.4) is 0 Å². The van der Waals surface area contributed by atoms with Crippen LogP contribution < -0.4 is 10.1 Å². The molecule has 2 saturated carbocycles. The molecule has 0 bridgehead atoms. The topological polar surface area (TPSA) is 141 Å². The van der Waals surface area contributed by atoms with E-state index in [1.54, 1.807) is 4.90 Å². The summed E-state index contributed by atoms with van der Waals surface area (Å²) >= 11 is 0. The first-order chi connectivity index (χ1) is 18.4. The summed E-state index contributed by atoms with van der Waals surface area (Å²) in [5.41, 5.74) is -3.20. The Morgan fingerprint density at radius 1 is 1.23 bits per heavy atom. The highest BCUT2D eigenvalue weighted by Gasteiger charge is 2.60. The second kappa shape index (κ2) is 9.73. The number of aromatic nitrogens is 3. The van der Waals surface area contributed by atoms with Crippen molar-refractivity contribution in [1.29, 1.82) is 0 Å². The Morgan fingerprint density at radius 3 is 2.62 bits per heavy atom. The zero-order chi connectivity index (χ0) is 28.2. The van der Waals surface area contributed by atoms with E-state index in [1.807, 2.05) is 0 Å². The number of rotatable bonds is 5. The summed E-state index contributed by atoms with van der Waals surface area (Å²) in [6.07, 6.45) is -5.10. The Hall–Kier alpha value is -3.26. The van der Waals surface area contributed by atoms with Crippen LogP contribution >= 0.6 is 0 Å². The van der Waals surface area contributed by atoms with Crippen LogP contribution in [0.15, 0.2) is 18.3 Å². The van der Waals surface area contributed by atoms with Crippen molar-refractivity contribution in [3.63, 3.8) is 0 Å². The Labute approximate surface area is 220 Å². The fraction of sp³-hybridized carbons (Fsp3) is 0.600. The molecule has 5 rings (SSSR count). The zero-order valence-corrected chi connectivity index (χ0v) is 21.1. The molecule has 14 heteroatoms. The Balaban J connectivity index is 1.21. The van der Waals surface area contributed by atoms with Crippen LogP contribution in [-0.4, -0.2) is 85.2 Å². The maximum Gasteiger partial charge on any atom is 0.419 e. The van der Waals surface area contributed by atoms with Gasteiger partial charge in [-0.15, -0.1) is 0 Å². The largest absolute Gasteiger partial charge is 0.481 e. The van der Waals surface area contributed by atoms with Crippen molar-refractivity contribution in [1.82, 2.24) is 25.4 Å². The van der Waals surface area contributed by atoms with Crippen molar-refractivity contribution >= 4 is 11.8 Å². The quantitative estimate of drug-likeness (QED) is 0.415. The number of nitrogens with one attached hydrogen (secondary N) is 2. The lowest BCUT2D eigenvalue weighted by molar-refractivity contribution is -0.300. The predicted octanol–water partition coefficient (Wildman–Crippen LogP) is 2.33. The highest BCUT2D eigenvalue weighted by Crippen LogP contribution is 2.50. The zero-order valence-electron chi connectivity index (χ0n) is 21.1. The number of pyridine rings is 1. The van der Waals surface area contributed by atoms with Crippen molar-refractivity contribution in [2.75, 3.05) is 13.7 Å². The van der Waals surface area contributed by atoms with Crippen molar-refractivity contribution in [2.24, 2.45) is 5.92 Å². The molecule has 1 saturated heterocycles. The summed E-state index contributed by atoms with van der Waals surface area (Å²) in [7, 11) is 1.40. The number of aliphatic hydroxyl groups excluding tert-OH is 1. The molecule has 1 aliphatic heterocycles. The summed E-state index contributed by atoms with van der Waals surface area (Å²) < 4.78 is 58.8. The average Bonchev–Trinajstić information content (AvgIpc) is 3.46. The van der Waals surface area contributed by atoms with Gasteiger partial charge in [-0.2, -0.15) is 18.3 Å². The van der Waals surface area contributed by atoms with E-state index in [1.165, 1.54) is 19.2 Å². The maximum atomic E-state index is 14.3. The monoisotopic (exact) mass is 555 g/mol. The number of carbonyl (C=O) groups excluding carboxylic acids is 2. The Kier molecular flexibility index (Phi) is 6.82. The van der Waals surface area contributed by atoms with Crippen molar-refractivity contribution in [3.05, 3.63) is 29.8 Å². The van der Waals surface area contributed by atoms with Gasteiger partial charge in [-0.1, -0.05) is 0 Å². The summed E-state index contributed by atoms with van der Waals surface area (Å²) in [5, 5.41) is 29.3. The van der Waals surface area contributed by atoms with Gasteiger partial charge in [0.25, 0.3) is 5.91 Å². The van der Waals surface area contributed by atoms with E-state index in [9.17, 15) is 37.4 Å². The third kappa shape index (κ3) is 4.95. The van der Waals surface area contributed by atoms with Gasteiger partial charge >= 0.3 is 6.18 Å². The van der Waals surface area contributed by atoms with E-state index >= 15 is 0 Å². The molecule has 3 fully saturated rings. The van der Waals surface area contributed by atoms with Gasteiger partial charge in [0, 0.05) is 35.7 Å². The Morgan fingerprint density at radius 2 is 1.97 bits per heavy atom. The van der Waals surface area contributed by atoms with Crippen LogP contribution in [0, 0.1) is 11.7 Å². The van der Waals surface area contributed by atoms with E-state index in [0.717, 1.165) is 6.20 Å². The maximum absolute atomic E-state index is 14.3. The van der Waals surface area contributed by atoms with Crippen LogP contribution in [0.2, 0.25) is 0 Å². The van der Waals surface area contributed by atoms with Crippen molar-refractivity contribution < 1.29 is 42.1 Å². The minimum Gasteiger partial charge on any atom is -0.481 e. The minimum atomic E-state index is -4.96. The first-order valence-corrected chi connectivity index (χ1v) is 12.7. The molecule has 0 radical (unpaired) electrons. The van der Waals surface area contributed by atoms with Gasteiger partial charge < -0.3 is 25.2 Å². The highest BCUT2D eigenvalue weighted by atomic mass is 19.4. The normalized spacial score (nSPS) is 28.3. The number of methoxy groups -OCH3 is 1. The van der Waals surface area contributed by atoms with Gasteiger partial charge in [-0.05, 0) is 51.0 Å². The first-order valence-electron chi connectivity index (χ1n) is 12.7. The summed E-state index contributed by atoms with van der Waals surface area (Å²) in [4.78, 5) is 31.8. The number of carbonyl (C=O) groups is 2. The number of likely N-dealkylation sites (tertiary alicyclic amines) is 1. The molecule has 2 aromatic rings. The van der Waals surface area contributed by atoms with Crippen LogP contribution in [-0.2, 0) is 4.79 Å². The number of nitrogens with zero attached hydrogens (tertiary/aromatic N) is 3. The summed E-state index contributed by atoms with van der Waals surface area (Å²) in [6, 6.07) is 2.13. The van der Waals surface area contributed by atoms with Crippen molar-refractivity contribution in [2.45, 2.75) is 74.4 Å². The smallest absolute Gasteiger partial charge is 0.419 e. The number of ether oxygens (including phenoxy) is 1. The highest BCUT2D eigenvalue weighted by molar-refractivity contribution is 5.94. The van der Waals surface area contributed by atoms with Gasteiger partial charge in [0.05, 0.1) is 25.1 Å². The molecule has 39 heavy (non-hydrogen) atoms.